The second-order valence-electron chi connectivity index (χ2n) is 4.36. The first-order chi connectivity index (χ1) is 8.40. The topological polar surface area (TPSA) is 21.3 Å². The Morgan fingerprint density at radius 3 is 3.18 bits per heavy atom. The van der Waals surface area contributed by atoms with E-state index >= 15 is 0 Å². The van der Waals surface area contributed by atoms with Crippen LogP contribution in [0.1, 0.15) is 23.5 Å². The molecule has 2 aromatic rings. The maximum Gasteiger partial charge on any atom is 0.104 e. The van der Waals surface area contributed by atoms with E-state index in [0.717, 1.165) is 26.1 Å². The zero-order valence-electron chi connectivity index (χ0n) is 10.0. The van der Waals surface area contributed by atoms with Gasteiger partial charge in [-0.3, -0.25) is 0 Å². The molecule has 1 aromatic heterocycles. The Hall–Kier alpha value is -0.900. The second-order valence-corrected chi connectivity index (χ2v) is 5.44. The number of nitrogens with one attached hydrogen (secondary N) is 1. The van der Waals surface area contributed by atoms with E-state index in [0.29, 0.717) is 0 Å². The van der Waals surface area contributed by atoms with E-state index in [1.807, 2.05) is 11.3 Å². The molecule has 1 aromatic carbocycles. The predicted molar refractivity (Wildman–Crippen MR) is 72.8 cm³/mol. The van der Waals surface area contributed by atoms with Gasteiger partial charge in [0.25, 0.3) is 0 Å². The van der Waals surface area contributed by atoms with Gasteiger partial charge in [0.05, 0.1) is 6.61 Å². The highest BCUT2D eigenvalue weighted by atomic mass is 32.1. The van der Waals surface area contributed by atoms with Crippen LogP contribution in [0.25, 0.3) is 10.1 Å². The molecule has 0 amide bonds. The first-order valence-electron chi connectivity index (χ1n) is 6.22. The normalized spacial score (nSPS) is 19.5. The van der Waals surface area contributed by atoms with Crippen LogP contribution in [0.3, 0.4) is 0 Å². The van der Waals surface area contributed by atoms with Gasteiger partial charge in [0, 0.05) is 16.1 Å². The van der Waals surface area contributed by atoms with Crippen molar-refractivity contribution in [3.8, 4) is 0 Å². The molecule has 2 nitrogen and oxygen atoms in total. The molecule has 0 spiro atoms. The van der Waals surface area contributed by atoms with Crippen molar-refractivity contribution in [2.45, 2.75) is 19.4 Å². The van der Waals surface area contributed by atoms with Crippen LogP contribution in [0, 0.1) is 0 Å². The third-order valence-electron chi connectivity index (χ3n) is 3.27. The molecule has 1 aliphatic rings. The molecule has 3 heteroatoms. The number of benzene rings is 1. The molecule has 1 atom stereocenters. The average molecular weight is 247 g/mol. The quantitative estimate of drug-likeness (QED) is 0.899. The maximum atomic E-state index is 5.88. The summed E-state index contributed by atoms with van der Waals surface area (Å²) in [5, 5.41) is 4.81. The summed E-state index contributed by atoms with van der Waals surface area (Å²) in [6.07, 6.45) is 1.30. The highest BCUT2D eigenvalue weighted by Gasteiger charge is 2.24. The molecule has 0 bridgehead atoms. The second kappa shape index (κ2) is 4.77. The summed E-state index contributed by atoms with van der Waals surface area (Å²) < 4.78 is 7.28. The minimum absolute atomic E-state index is 0.246. The zero-order valence-corrected chi connectivity index (χ0v) is 10.8. The van der Waals surface area contributed by atoms with E-state index in [2.05, 4.69) is 36.5 Å². The number of ether oxygens (including phenoxy) is 1. The van der Waals surface area contributed by atoms with Gasteiger partial charge in [-0.15, -0.1) is 11.3 Å². The fourth-order valence-corrected chi connectivity index (χ4v) is 3.74. The number of fused-ring (bicyclic) bond motifs is 3. The van der Waals surface area contributed by atoms with Crippen molar-refractivity contribution in [2.75, 3.05) is 19.7 Å². The Morgan fingerprint density at radius 2 is 2.29 bits per heavy atom. The van der Waals surface area contributed by atoms with E-state index in [9.17, 15) is 0 Å². The van der Waals surface area contributed by atoms with E-state index in [1.165, 1.54) is 20.5 Å². The van der Waals surface area contributed by atoms with Gasteiger partial charge >= 0.3 is 0 Å². The van der Waals surface area contributed by atoms with Crippen LogP contribution in [-0.2, 0) is 11.2 Å². The van der Waals surface area contributed by atoms with Crippen LogP contribution >= 0.6 is 11.3 Å². The summed E-state index contributed by atoms with van der Waals surface area (Å²) in [5.74, 6) is 0. The molecule has 3 rings (SSSR count). The first-order valence-corrected chi connectivity index (χ1v) is 7.04. The molecule has 0 saturated heterocycles. The van der Waals surface area contributed by atoms with Gasteiger partial charge < -0.3 is 10.1 Å². The number of hydrogen-bond donors (Lipinski definition) is 1. The summed E-state index contributed by atoms with van der Waals surface area (Å²) in [6.45, 7) is 4.91. The number of likely N-dealkylation sites (N-methyl/N-ethyl adjacent to an activating group) is 1. The van der Waals surface area contributed by atoms with Crippen molar-refractivity contribution < 1.29 is 4.74 Å². The minimum Gasteiger partial charge on any atom is -0.371 e. The van der Waals surface area contributed by atoms with Crippen molar-refractivity contribution in [2.24, 2.45) is 0 Å². The number of hydrogen-bond acceptors (Lipinski definition) is 3. The lowest BCUT2D eigenvalue weighted by atomic mass is 10.0. The van der Waals surface area contributed by atoms with Crippen molar-refractivity contribution in [1.82, 2.24) is 5.32 Å². The molecule has 2 heterocycles. The monoisotopic (exact) mass is 247 g/mol. The third kappa shape index (κ3) is 1.99. The smallest absolute Gasteiger partial charge is 0.104 e. The van der Waals surface area contributed by atoms with E-state index < -0.39 is 0 Å². The van der Waals surface area contributed by atoms with Crippen molar-refractivity contribution in [3.05, 3.63) is 34.7 Å². The van der Waals surface area contributed by atoms with Gasteiger partial charge in [0.2, 0.25) is 0 Å². The SMILES string of the molecule is CCNCC1OCCc2c1sc1ccccc21. The highest BCUT2D eigenvalue weighted by molar-refractivity contribution is 7.19. The Kier molecular flexibility index (Phi) is 3.14. The van der Waals surface area contributed by atoms with Crippen LogP contribution in [0.5, 0.6) is 0 Å². The van der Waals surface area contributed by atoms with Gasteiger partial charge in [-0.05, 0) is 30.0 Å². The largest absolute Gasteiger partial charge is 0.371 e. The Balaban J connectivity index is 2.02. The maximum absolute atomic E-state index is 5.88. The Morgan fingerprint density at radius 1 is 1.41 bits per heavy atom. The number of thiophene rings is 1. The molecular formula is C14H17NOS. The minimum atomic E-state index is 0.246. The van der Waals surface area contributed by atoms with Crippen LogP contribution in [0.15, 0.2) is 24.3 Å². The van der Waals surface area contributed by atoms with Gasteiger partial charge in [-0.1, -0.05) is 25.1 Å². The van der Waals surface area contributed by atoms with Crippen molar-refractivity contribution in [3.63, 3.8) is 0 Å². The lowest BCUT2D eigenvalue weighted by Gasteiger charge is -2.23. The number of rotatable bonds is 3. The summed E-state index contributed by atoms with van der Waals surface area (Å²) in [7, 11) is 0. The molecule has 0 saturated carbocycles. The molecule has 1 unspecified atom stereocenters. The fraction of sp³-hybridized carbons (Fsp3) is 0.429. The van der Waals surface area contributed by atoms with Gasteiger partial charge in [0.1, 0.15) is 6.10 Å². The Labute approximate surface area is 106 Å². The van der Waals surface area contributed by atoms with Crippen molar-refractivity contribution >= 4 is 21.4 Å². The van der Waals surface area contributed by atoms with Crippen LogP contribution in [0.4, 0.5) is 0 Å². The average Bonchev–Trinajstić information content (AvgIpc) is 2.75. The molecule has 1 aliphatic heterocycles. The van der Waals surface area contributed by atoms with Gasteiger partial charge in [0.15, 0.2) is 0 Å². The van der Waals surface area contributed by atoms with E-state index in [4.69, 9.17) is 4.74 Å². The van der Waals surface area contributed by atoms with Gasteiger partial charge in [-0.2, -0.15) is 0 Å². The molecule has 90 valence electrons. The lowest BCUT2D eigenvalue weighted by molar-refractivity contribution is 0.0463. The lowest BCUT2D eigenvalue weighted by Crippen LogP contribution is -2.26. The van der Waals surface area contributed by atoms with Crippen LogP contribution < -0.4 is 5.32 Å². The predicted octanol–water partition coefficient (Wildman–Crippen LogP) is 3.12. The Bertz CT molecular complexity index is 520. The van der Waals surface area contributed by atoms with Crippen molar-refractivity contribution in [1.29, 1.82) is 0 Å². The zero-order chi connectivity index (χ0) is 11.7. The standard InChI is InChI=1S/C14H17NOS/c1-2-15-9-12-14-11(7-8-16-12)10-5-3-4-6-13(10)17-14/h3-6,12,15H,2,7-9H2,1H3. The summed E-state index contributed by atoms with van der Waals surface area (Å²) in [5.41, 5.74) is 1.51. The van der Waals surface area contributed by atoms with E-state index in [-0.39, 0.29) is 6.10 Å². The van der Waals surface area contributed by atoms with E-state index in [1.54, 1.807) is 0 Å². The summed E-state index contributed by atoms with van der Waals surface area (Å²) in [6, 6.07) is 8.69. The molecule has 1 N–H and O–H groups in total. The van der Waals surface area contributed by atoms with Gasteiger partial charge in [-0.25, -0.2) is 0 Å². The molecular weight excluding hydrogens is 230 g/mol. The molecule has 0 aliphatic carbocycles. The molecule has 0 fully saturated rings. The molecule has 0 radical (unpaired) electrons. The summed E-state index contributed by atoms with van der Waals surface area (Å²) in [4.78, 5) is 1.43. The third-order valence-corrected chi connectivity index (χ3v) is 4.58. The first kappa shape index (κ1) is 11.2. The van der Waals surface area contributed by atoms with Crippen LogP contribution in [0.2, 0.25) is 0 Å². The summed E-state index contributed by atoms with van der Waals surface area (Å²) >= 11 is 1.89. The van der Waals surface area contributed by atoms with Crippen LogP contribution in [-0.4, -0.2) is 19.7 Å². The highest BCUT2D eigenvalue weighted by Crippen LogP contribution is 2.39. The fourth-order valence-electron chi connectivity index (χ4n) is 2.44. The molecule has 17 heavy (non-hydrogen) atoms.